The van der Waals surface area contributed by atoms with Gasteiger partial charge in [0, 0.05) is 9.79 Å². The summed E-state index contributed by atoms with van der Waals surface area (Å²) in [5, 5.41) is 18.4. The van der Waals surface area contributed by atoms with E-state index in [0.717, 1.165) is 15.5 Å². The Bertz CT molecular complexity index is 593. The monoisotopic (exact) mass is 276 g/mol. The van der Waals surface area contributed by atoms with Crippen molar-refractivity contribution in [3.05, 3.63) is 48.0 Å². The highest BCUT2D eigenvalue weighted by molar-refractivity contribution is 7.99. The van der Waals surface area contributed by atoms with Gasteiger partial charge in [-0.05, 0) is 42.5 Å². The quantitative estimate of drug-likeness (QED) is 0.897. The van der Waals surface area contributed by atoms with Crippen LogP contribution in [0, 0.1) is 0 Å². The number of rotatable bonds is 4. The number of aromatic carboxylic acids is 1. The van der Waals surface area contributed by atoms with E-state index >= 15 is 0 Å². The molecule has 0 saturated carbocycles. The molecular weight excluding hydrogens is 264 g/mol. The van der Waals surface area contributed by atoms with Gasteiger partial charge in [0.05, 0.1) is 7.11 Å². The Kier molecular flexibility index (Phi) is 3.97. The summed E-state index contributed by atoms with van der Waals surface area (Å²) in [6.07, 6.45) is 0. The van der Waals surface area contributed by atoms with Crippen LogP contribution < -0.4 is 4.74 Å². The van der Waals surface area contributed by atoms with Crippen LogP contribution in [0.1, 0.15) is 10.4 Å². The molecule has 0 aliphatic rings. The molecular formula is C14H12O4S. The molecule has 0 saturated heterocycles. The Morgan fingerprint density at radius 1 is 1.11 bits per heavy atom. The van der Waals surface area contributed by atoms with Gasteiger partial charge in [-0.3, -0.25) is 0 Å². The third kappa shape index (κ3) is 3.20. The first-order valence-corrected chi connectivity index (χ1v) is 6.30. The fourth-order valence-corrected chi connectivity index (χ4v) is 2.39. The average Bonchev–Trinajstić information content (AvgIpc) is 2.41. The van der Waals surface area contributed by atoms with E-state index in [0.29, 0.717) is 0 Å². The Morgan fingerprint density at radius 2 is 1.74 bits per heavy atom. The van der Waals surface area contributed by atoms with E-state index in [2.05, 4.69) is 0 Å². The van der Waals surface area contributed by atoms with Crippen molar-refractivity contribution in [3.63, 3.8) is 0 Å². The standard InChI is InChI=1S/C14H12O4S/c1-18-9-2-4-10(5-3-9)19-11-6-7-13(15)12(8-11)14(16)17/h2-8,15H,1H3,(H,16,17). The number of benzene rings is 2. The zero-order valence-corrected chi connectivity index (χ0v) is 11.0. The minimum Gasteiger partial charge on any atom is -0.507 e. The first-order valence-electron chi connectivity index (χ1n) is 5.48. The molecule has 19 heavy (non-hydrogen) atoms. The fourth-order valence-electron chi connectivity index (χ4n) is 1.53. The lowest BCUT2D eigenvalue weighted by Crippen LogP contribution is -1.96. The Labute approximate surface area is 114 Å². The highest BCUT2D eigenvalue weighted by Gasteiger charge is 2.10. The molecule has 2 aromatic rings. The summed E-state index contributed by atoms with van der Waals surface area (Å²) in [6, 6.07) is 12.0. The summed E-state index contributed by atoms with van der Waals surface area (Å²) >= 11 is 1.42. The number of methoxy groups -OCH3 is 1. The van der Waals surface area contributed by atoms with Gasteiger partial charge in [0.2, 0.25) is 0 Å². The maximum Gasteiger partial charge on any atom is 0.339 e. The molecule has 0 aliphatic heterocycles. The van der Waals surface area contributed by atoms with Crippen LogP contribution in [0.3, 0.4) is 0 Å². The first-order chi connectivity index (χ1) is 9.10. The summed E-state index contributed by atoms with van der Waals surface area (Å²) in [4.78, 5) is 12.6. The number of hydrogen-bond acceptors (Lipinski definition) is 4. The second kappa shape index (κ2) is 5.67. The van der Waals surface area contributed by atoms with E-state index < -0.39 is 5.97 Å². The van der Waals surface area contributed by atoms with Gasteiger partial charge in [-0.2, -0.15) is 0 Å². The SMILES string of the molecule is COc1ccc(Sc2ccc(O)c(C(=O)O)c2)cc1. The number of hydrogen-bond donors (Lipinski definition) is 2. The molecule has 0 fully saturated rings. The Hall–Kier alpha value is -2.14. The second-order valence-corrected chi connectivity index (χ2v) is 4.91. The van der Waals surface area contributed by atoms with Crippen molar-refractivity contribution in [3.8, 4) is 11.5 Å². The van der Waals surface area contributed by atoms with Crippen LogP contribution in [0.5, 0.6) is 11.5 Å². The molecule has 0 aliphatic carbocycles. The summed E-state index contributed by atoms with van der Waals surface area (Å²) < 4.78 is 5.07. The van der Waals surface area contributed by atoms with Crippen molar-refractivity contribution in [1.82, 2.24) is 0 Å². The molecule has 0 unspecified atom stereocenters. The predicted octanol–water partition coefficient (Wildman–Crippen LogP) is 3.25. The predicted molar refractivity (Wildman–Crippen MR) is 72.2 cm³/mol. The van der Waals surface area contributed by atoms with Crippen LogP contribution in [0.4, 0.5) is 0 Å². The molecule has 5 heteroatoms. The van der Waals surface area contributed by atoms with Gasteiger partial charge in [0.25, 0.3) is 0 Å². The van der Waals surface area contributed by atoms with Crippen LogP contribution in [0.2, 0.25) is 0 Å². The smallest absolute Gasteiger partial charge is 0.339 e. The molecule has 0 aromatic heterocycles. The Balaban J connectivity index is 2.22. The summed E-state index contributed by atoms with van der Waals surface area (Å²) in [7, 11) is 1.60. The van der Waals surface area contributed by atoms with Crippen molar-refractivity contribution in [2.45, 2.75) is 9.79 Å². The summed E-state index contributed by atoms with van der Waals surface area (Å²) in [6.45, 7) is 0. The highest BCUT2D eigenvalue weighted by atomic mass is 32.2. The zero-order chi connectivity index (χ0) is 13.8. The minimum absolute atomic E-state index is 0.0986. The van der Waals surface area contributed by atoms with Crippen LogP contribution >= 0.6 is 11.8 Å². The number of phenols is 1. The van der Waals surface area contributed by atoms with Crippen LogP contribution in [0.25, 0.3) is 0 Å². The number of ether oxygens (including phenoxy) is 1. The number of aromatic hydroxyl groups is 1. The van der Waals surface area contributed by atoms with Crippen molar-refractivity contribution in [2.75, 3.05) is 7.11 Å². The van der Waals surface area contributed by atoms with E-state index in [1.54, 1.807) is 13.2 Å². The fraction of sp³-hybridized carbons (Fsp3) is 0.0714. The van der Waals surface area contributed by atoms with Gasteiger partial charge < -0.3 is 14.9 Å². The summed E-state index contributed by atoms with van der Waals surface area (Å²) in [5.41, 5.74) is -0.0986. The van der Waals surface area contributed by atoms with E-state index in [-0.39, 0.29) is 11.3 Å². The molecule has 0 amide bonds. The molecule has 2 rings (SSSR count). The van der Waals surface area contributed by atoms with Crippen LogP contribution in [-0.4, -0.2) is 23.3 Å². The number of carbonyl (C=O) groups is 1. The van der Waals surface area contributed by atoms with Gasteiger partial charge >= 0.3 is 5.97 Å². The number of carboxylic acid groups (broad SMARTS) is 1. The Morgan fingerprint density at radius 3 is 2.32 bits per heavy atom. The maximum absolute atomic E-state index is 10.9. The summed E-state index contributed by atoms with van der Waals surface area (Å²) in [5.74, 6) is -0.609. The van der Waals surface area contributed by atoms with Gasteiger partial charge in [0.1, 0.15) is 17.1 Å². The molecule has 0 spiro atoms. The van der Waals surface area contributed by atoms with Crippen LogP contribution in [0.15, 0.2) is 52.3 Å². The maximum atomic E-state index is 10.9. The molecule has 98 valence electrons. The van der Waals surface area contributed by atoms with E-state index in [1.165, 1.54) is 23.9 Å². The van der Waals surface area contributed by atoms with Crippen molar-refractivity contribution < 1.29 is 19.7 Å². The lowest BCUT2D eigenvalue weighted by molar-refractivity contribution is 0.0693. The van der Waals surface area contributed by atoms with Crippen molar-refractivity contribution in [2.24, 2.45) is 0 Å². The van der Waals surface area contributed by atoms with Gasteiger partial charge in [0.15, 0.2) is 0 Å². The van der Waals surface area contributed by atoms with E-state index in [9.17, 15) is 9.90 Å². The lowest BCUT2D eigenvalue weighted by Gasteiger charge is -2.05. The molecule has 2 N–H and O–H groups in total. The van der Waals surface area contributed by atoms with Gasteiger partial charge in [-0.25, -0.2) is 4.79 Å². The second-order valence-electron chi connectivity index (χ2n) is 3.76. The topological polar surface area (TPSA) is 66.8 Å². The first kappa shape index (κ1) is 13.3. The largest absolute Gasteiger partial charge is 0.507 e. The molecule has 0 bridgehead atoms. The third-order valence-electron chi connectivity index (χ3n) is 2.49. The van der Waals surface area contributed by atoms with Crippen molar-refractivity contribution in [1.29, 1.82) is 0 Å². The highest BCUT2D eigenvalue weighted by Crippen LogP contribution is 2.31. The van der Waals surface area contributed by atoms with Gasteiger partial charge in [-0.15, -0.1) is 0 Å². The molecule has 2 aromatic carbocycles. The molecule has 0 heterocycles. The van der Waals surface area contributed by atoms with Crippen molar-refractivity contribution >= 4 is 17.7 Å². The normalized spacial score (nSPS) is 10.2. The average molecular weight is 276 g/mol. The lowest BCUT2D eigenvalue weighted by atomic mass is 10.2. The van der Waals surface area contributed by atoms with E-state index in [1.807, 2.05) is 24.3 Å². The third-order valence-corrected chi connectivity index (χ3v) is 3.49. The van der Waals surface area contributed by atoms with Gasteiger partial charge in [-0.1, -0.05) is 11.8 Å². The molecule has 0 atom stereocenters. The number of carboxylic acids is 1. The molecule has 4 nitrogen and oxygen atoms in total. The van der Waals surface area contributed by atoms with E-state index in [4.69, 9.17) is 9.84 Å². The van der Waals surface area contributed by atoms with Crippen LogP contribution in [-0.2, 0) is 0 Å². The molecule has 0 radical (unpaired) electrons. The zero-order valence-electron chi connectivity index (χ0n) is 10.2. The minimum atomic E-state index is -1.14.